The third-order valence-electron chi connectivity index (χ3n) is 4.49. The van der Waals surface area contributed by atoms with Crippen LogP contribution in [0.4, 0.5) is 10.8 Å². The van der Waals surface area contributed by atoms with E-state index in [9.17, 15) is 9.59 Å². The first-order valence-corrected chi connectivity index (χ1v) is 11.7. The molecular formula is C22H16Cl2N4O3S2. The van der Waals surface area contributed by atoms with Gasteiger partial charge in [-0.15, -0.1) is 0 Å². The molecule has 2 heterocycles. The summed E-state index contributed by atoms with van der Waals surface area (Å²) in [6.45, 7) is 1.77. The summed E-state index contributed by atoms with van der Waals surface area (Å²) in [5.41, 5.74) is 1.99. The average molecular weight is 519 g/mol. The molecule has 7 nitrogen and oxygen atoms in total. The smallest absolute Gasteiger partial charge is 0.293 e. The topological polar surface area (TPSA) is 96.3 Å². The van der Waals surface area contributed by atoms with E-state index in [2.05, 4.69) is 20.9 Å². The molecule has 0 atom stereocenters. The van der Waals surface area contributed by atoms with Gasteiger partial charge in [0.15, 0.2) is 16.0 Å². The van der Waals surface area contributed by atoms with Crippen molar-refractivity contribution in [3.8, 4) is 11.3 Å². The van der Waals surface area contributed by atoms with Crippen molar-refractivity contribution in [3.05, 3.63) is 64.3 Å². The lowest BCUT2D eigenvalue weighted by Crippen LogP contribution is -2.33. The van der Waals surface area contributed by atoms with Gasteiger partial charge in [0.2, 0.25) is 5.91 Å². The van der Waals surface area contributed by atoms with Crippen LogP contribution in [0, 0.1) is 0 Å². The van der Waals surface area contributed by atoms with Crippen LogP contribution in [-0.4, -0.2) is 21.9 Å². The maximum Gasteiger partial charge on any atom is 0.293 e. The van der Waals surface area contributed by atoms with Crippen molar-refractivity contribution in [1.29, 1.82) is 0 Å². The average Bonchev–Trinajstić information content (AvgIpc) is 3.42. The minimum absolute atomic E-state index is 0.0689. The van der Waals surface area contributed by atoms with Crippen LogP contribution in [0.1, 0.15) is 23.9 Å². The Balaban J connectivity index is 1.42. The van der Waals surface area contributed by atoms with Gasteiger partial charge >= 0.3 is 0 Å². The second-order valence-corrected chi connectivity index (χ2v) is 9.00. The molecule has 0 unspecified atom stereocenters. The molecule has 0 aliphatic heterocycles. The SMILES string of the molecule is CCC(=O)Nc1nc2ccc(NC(=S)NC(=O)c3ccc(-c4cccc(Cl)c4Cl)o3)cc2s1. The van der Waals surface area contributed by atoms with Gasteiger partial charge in [-0.25, -0.2) is 4.98 Å². The Kier molecular flexibility index (Phi) is 6.94. The molecule has 0 saturated heterocycles. The van der Waals surface area contributed by atoms with Crippen molar-refractivity contribution < 1.29 is 14.0 Å². The Morgan fingerprint density at radius 1 is 1.12 bits per heavy atom. The fraction of sp³-hybridized carbons (Fsp3) is 0.0909. The van der Waals surface area contributed by atoms with Crippen LogP contribution < -0.4 is 16.0 Å². The molecule has 0 fully saturated rings. The summed E-state index contributed by atoms with van der Waals surface area (Å²) in [5.74, 6) is -0.136. The number of thiocarbonyl (C=S) groups is 1. The lowest BCUT2D eigenvalue weighted by atomic mass is 10.2. The summed E-state index contributed by atoms with van der Waals surface area (Å²) in [6.07, 6.45) is 0.375. The number of thiazole rings is 1. The van der Waals surface area contributed by atoms with Crippen molar-refractivity contribution in [2.75, 3.05) is 10.6 Å². The molecule has 0 spiro atoms. The van der Waals surface area contributed by atoms with Crippen molar-refractivity contribution in [2.24, 2.45) is 0 Å². The molecule has 0 radical (unpaired) electrons. The van der Waals surface area contributed by atoms with Gasteiger partial charge in [0.1, 0.15) is 5.76 Å². The maximum atomic E-state index is 12.5. The standard InChI is InChI=1S/C22H16Cl2N4O3S2/c1-2-18(29)27-22-26-14-7-6-11(10-17(14)33-22)25-21(32)28-20(30)16-9-8-15(31-16)12-4-3-5-13(23)19(12)24/h3-10H,2H2,1H3,(H,26,27,29)(H2,25,28,30,32). The molecule has 33 heavy (non-hydrogen) atoms. The molecule has 11 heteroatoms. The van der Waals surface area contributed by atoms with Crippen LogP contribution in [0.5, 0.6) is 0 Å². The molecule has 0 saturated carbocycles. The number of carbonyl (C=O) groups excluding carboxylic acids is 2. The van der Waals surface area contributed by atoms with Crippen LogP contribution in [0.25, 0.3) is 21.5 Å². The summed E-state index contributed by atoms with van der Waals surface area (Å²) in [5, 5.41) is 9.64. The van der Waals surface area contributed by atoms with Crippen LogP contribution in [0.15, 0.2) is 52.9 Å². The number of amides is 2. The molecule has 0 aliphatic rings. The van der Waals surface area contributed by atoms with E-state index in [-0.39, 0.29) is 16.8 Å². The molecule has 4 aromatic rings. The monoisotopic (exact) mass is 518 g/mol. The van der Waals surface area contributed by atoms with Gasteiger partial charge in [0, 0.05) is 17.7 Å². The van der Waals surface area contributed by atoms with E-state index in [1.807, 2.05) is 6.07 Å². The van der Waals surface area contributed by atoms with E-state index in [4.69, 9.17) is 39.8 Å². The second kappa shape index (κ2) is 9.88. The van der Waals surface area contributed by atoms with Gasteiger partial charge in [-0.05, 0) is 54.7 Å². The van der Waals surface area contributed by atoms with Crippen molar-refractivity contribution in [1.82, 2.24) is 10.3 Å². The third-order valence-corrected chi connectivity index (χ3v) is 6.44. The highest BCUT2D eigenvalue weighted by Gasteiger charge is 2.16. The molecule has 0 aliphatic carbocycles. The highest BCUT2D eigenvalue weighted by Crippen LogP contribution is 2.34. The fourth-order valence-corrected chi connectivity index (χ4v) is 4.41. The highest BCUT2D eigenvalue weighted by molar-refractivity contribution is 7.80. The van der Waals surface area contributed by atoms with Gasteiger partial charge in [-0.2, -0.15) is 0 Å². The number of hydrogen-bond donors (Lipinski definition) is 3. The summed E-state index contributed by atoms with van der Waals surface area (Å²) in [7, 11) is 0. The van der Waals surface area contributed by atoms with Crippen LogP contribution in [0.2, 0.25) is 10.0 Å². The van der Waals surface area contributed by atoms with Crippen LogP contribution in [0.3, 0.4) is 0 Å². The number of fused-ring (bicyclic) bond motifs is 1. The number of halogens is 2. The number of aromatic nitrogens is 1. The summed E-state index contributed by atoms with van der Waals surface area (Å²) >= 11 is 18.9. The number of furan rings is 1. The van der Waals surface area contributed by atoms with E-state index in [0.717, 1.165) is 10.2 Å². The van der Waals surface area contributed by atoms with Crippen molar-refractivity contribution >= 4 is 84.7 Å². The molecule has 4 rings (SSSR count). The first-order valence-electron chi connectivity index (χ1n) is 9.71. The summed E-state index contributed by atoms with van der Waals surface area (Å²) in [6, 6.07) is 13.7. The number of carbonyl (C=O) groups is 2. The Hall–Kier alpha value is -2.98. The Bertz CT molecular complexity index is 1380. The zero-order chi connectivity index (χ0) is 23.5. The number of rotatable bonds is 5. The first kappa shape index (κ1) is 23.2. The lowest BCUT2D eigenvalue weighted by molar-refractivity contribution is -0.115. The van der Waals surface area contributed by atoms with Gasteiger partial charge < -0.3 is 15.1 Å². The molecule has 2 aromatic heterocycles. The number of hydrogen-bond acceptors (Lipinski definition) is 6. The molecule has 2 amide bonds. The first-order chi connectivity index (χ1) is 15.8. The molecule has 2 aromatic carbocycles. The van der Waals surface area contributed by atoms with E-state index < -0.39 is 5.91 Å². The second-order valence-electron chi connectivity index (χ2n) is 6.78. The Morgan fingerprint density at radius 3 is 2.73 bits per heavy atom. The summed E-state index contributed by atoms with van der Waals surface area (Å²) in [4.78, 5) is 28.5. The predicted octanol–water partition coefficient (Wildman–Crippen LogP) is 6.34. The van der Waals surface area contributed by atoms with E-state index in [0.29, 0.717) is 38.6 Å². The number of anilines is 2. The van der Waals surface area contributed by atoms with Crippen molar-refractivity contribution in [3.63, 3.8) is 0 Å². The Morgan fingerprint density at radius 2 is 1.94 bits per heavy atom. The number of benzene rings is 2. The van der Waals surface area contributed by atoms with Gasteiger partial charge in [0.05, 0.1) is 20.3 Å². The zero-order valence-corrected chi connectivity index (χ0v) is 20.2. The molecular weight excluding hydrogens is 503 g/mol. The van der Waals surface area contributed by atoms with E-state index in [1.165, 1.54) is 17.4 Å². The quantitative estimate of drug-likeness (QED) is 0.267. The minimum Gasteiger partial charge on any atom is -0.451 e. The van der Waals surface area contributed by atoms with Crippen LogP contribution in [-0.2, 0) is 4.79 Å². The third kappa shape index (κ3) is 5.33. The van der Waals surface area contributed by atoms with Gasteiger partial charge in [0.25, 0.3) is 5.91 Å². The normalized spacial score (nSPS) is 10.8. The van der Waals surface area contributed by atoms with Gasteiger partial charge in [-0.3, -0.25) is 14.9 Å². The Labute approximate surface area is 208 Å². The maximum absolute atomic E-state index is 12.5. The lowest BCUT2D eigenvalue weighted by Gasteiger charge is -2.08. The van der Waals surface area contributed by atoms with Crippen LogP contribution >= 0.6 is 46.8 Å². The number of nitrogens with zero attached hydrogens (tertiary/aromatic N) is 1. The van der Waals surface area contributed by atoms with Gasteiger partial charge in [-0.1, -0.05) is 47.5 Å². The predicted molar refractivity (Wildman–Crippen MR) is 136 cm³/mol. The zero-order valence-electron chi connectivity index (χ0n) is 17.1. The van der Waals surface area contributed by atoms with E-state index in [1.54, 1.807) is 43.3 Å². The van der Waals surface area contributed by atoms with E-state index >= 15 is 0 Å². The molecule has 0 bridgehead atoms. The highest BCUT2D eigenvalue weighted by atomic mass is 35.5. The summed E-state index contributed by atoms with van der Waals surface area (Å²) < 4.78 is 6.49. The molecule has 168 valence electrons. The fourth-order valence-electron chi connectivity index (χ4n) is 2.89. The van der Waals surface area contributed by atoms with Crippen molar-refractivity contribution in [2.45, 2.75) is 13.3 Å². The minimum atomic E-state index is -0.514. The molecule has 3 N–H and O–H groups in total. The largest absolute Gasteiger partial charge is 0.451 e. The number of nitrogens with one attached hydrogen (secondary N) is 3.